The van der Waals surface area contributed by atoms with Gasteiger partial charge in [0, 0.05) is 10.4 Å². The van der Waals surface area contributed by atoms with Gasteiger partial charge in [-0.3, -0.25) is 4.79 Å². The van der Waals surface area contributed by atoms with E-state index in [2.05, 4.69) is 22.9 Å². The molecule has 116 valence electrons. The monoisotopic (exact) mass is 352 g/mol. The molecule has 0 atom stereocenters. The van der Waals surface area contributed by atoms with Crippen LogP contribution in [0.25, 0.3) is 0 Å². The molecule has 0 spiro atoms. The number of Topliss-reactive ketones (excluding diaryl/α,β-unsaturated/α-hetero) is 1. The average Bonchev–Trinajstić information content (AvgIpc) is 2.52. The molecule has 0 radical (unpaired) electrons. The van der Waals surface area contributed by atoms with E-state index in [0.717, 1.165) is 28.8 Å². The standard InChI is InChI=1S/C18H25BrO2/c1-3-4-5-13-6-8-14(9-7-13)18(20)16-12-15(19)10-11-17(16)21-2/h10-14H,3-9H2,1-2H3. The number of benzene rings is 1. The highest BCUT2D eigenvalue weighted by Gasteiger charge is 2.28. The van der Waals surface area contributed by atoms with Crippen molar-refractivity contribution in [2.75, 3.05) is 7.11 Å². The summed E-state index contributed by atoms with van der Waals surface area (Å²) in [6, 6.07) is 5.67. The number of methoxy groups -OCH3 is 1. The van der Waals surface area contributed by atoms with Gasteiger partial charge in [0.15, 0.2) is 5.78 Å². The minimum atomic E-state index is 0.172. The molecule has 0 bridgehead atoms. The SMILES string of the molecule is CCCCC1CCC(C(=O)c2cc(Br)ccc2OC)CC1. The smallest absolute Gasteiger partial charge is 0.169 e. The zero-order valence-corrected chi connectivity index (χ0v) is 14.6. The Bertz CT molecular complexity index is 476. The zero-order valence-electron chi connectivity index (χ0n) is 13.0. The highest BCUT2D eigenvalue weighted by atomic mass is 79.9. The summed E-state index contributed by atoms with van der Waals surface area (Å²) in [5, 5.41) is 0. The maximum absolute atomic E-state index is 12.8. The first-order valence-corrected chi connectivity index (χ1v) is 8.82. The Morgan fingerprint density at radius 3 is 2.62 bits per heavy atom. The second-order valence-corrected chi connectivity index (χ2v) is 6.98. The van der Waals surface area contributed by atoms with Crippen LogP contribution in [-0.2, 0) is 0 Å². The quantitative estimate of drug-likeness (QED) is 0.619. The number of hydrogen-bond acceptors (Lipinski definition) is 2. The van der Waals surface area contributed by atoms with E-state index in [1.807, 2.05) is 18.2 Å². The number of rotatable bonds is 6. The van der Waals surface area contributed by atoms with Crippen molar-refractivity contribution >= 4 is 21.7 Å². The van der Waals surface area contributed by atoms with Gasteiger partial charge in [0.2, 0.25) is 0 Å². The molecule has 1 fully saturated rings. The molecule has 1 aliphatic rings. The van der Waals surface area contributed by atoms with E-state index in [-0.39, 0.29) is 11.7 Å². The zero-order chi connectivity index (χ0) is 15.2. The first-order valence-electron chi connectivity index (χ1n) is 8.03. The summed E-state index contributed by atoms with van der Waals surface area (Å²) in [5.74, 6) is 1.95. The van der Waals surface area contributed by atoms with Gasteiger partial charge in [-0.15, -0.1) is 0 Å². The Hall–Kier alpha value is -0.830. The number of hydrogen-bond donors (Lipinski definition) is 0. The van der Waals surface area contributed by atoms with Gasteiger partial charge in [-0.1, -0.05) is 42.1 Å². The van der Waals surface area contributed by atoms with E-state index in [9.17, 15) is 4.79 Å². The summed E-state index contributed by atoms with van der Waals surface area (Å²) in [5.41, 5.74) is 0.726. The van der Waals surface area contributed by atoms with Crippen LogP contribution in [0, 0.1) is 11.8 Å². The van der Waals surface area contributed by atoms with Crippen LogP contribution in [0.15, 0.2) is 22.7 Å². The van der Waals surface area contributed by atoms with Crippen LogP contribution in [0.4, 0.5) is 0 Å². The Labute approximate surface area is 136 Å². The molecular formula is C18H25BrO2. The summed E-state index contributed by atoms with van der Waals surface area (Å²) >= 11 is 3.45. The highest BCUT2D eigenvalue weighted by Crippen LogP contribution is 2.35. The second-order valence-electron chi connectivity index (χ2n) is 6.07. The first-order chi connectivity index (χ1) is 10.2. The fraction of sp³-hybridized carbons (Fsp3) is 0.611. The second kappa shape index (κ2) is 7.98. The van der Waals surface area contributed by atoms with Gasteiger partial charge in [-0.25, -0.2) is 0 Å². The Morgan fingerprint density at radius 1 is 1.29 bits per heavy atom. The molecular weight excluding hydrogens is 328 g/mol. The Balaban J connectivity index is 2.00. The molecule has 0 saturated heterocycles. The Morgan fingerprint density at radius 2 is 2.00 bits per heavy atom. The molecule has 0 N–H and O–H groups in total. The van der Waals surface area contributed by atoms with Crippen LogP contribution in [0.1, 0.15) is 62.2 Å². The molecule has 0 aliphatic heterocycles. The summed E-state index contributed by atoms with van der Waals surface area (Å²) < 4.78 is 6.28. The fourth-order valence-electron chi connectivity index (χ4n) is 3.30. The lowest BCUT2D eigenvalue weighted by Crippen LogP contribution is -2.22. The van der Waals surface area contributed by atoms with E-state index in [1.165, 1.54) is 32.1 Å². The molecule has 1 aliphatic carbocycles. The van der Waals surface area contributed by atoms with Crippen LogP contribution in [0.5, 0.6) is 5.75 Å². The van der Waals surface area contributed by atoms with Gasteiger partial charge >= 0.3 is 0 Å². The molecule has 0 amide bonds. The third kappa shape index (κ3) is 4.32. The van der Waals surface area contributed by atoms with Gasteiger partial charge in [-0.05, 0) is 49.8 Å². The largest absolute Gasteiger partial charge is 0.496 e. The maximum atomic E-state index is 12.8. The topological polar surface area (TPSA) is 26.3 Å². The predicted molar refractivity (Wildman–Crippen MR) is 90.0 cm³/mol. The van der Waals surface area contributed by atoms with Crippen LogP contribution in [-0.4, -0.2) is 12.9 Å². The van der Waals surface area contributed by atoms with Crippen molar-refractivity contribution in [2.45, 2.75) is 51.9 Å². The Kier molecular flexibility index (Phi) is 6.28. The normalized spacial score (nSPS) is 22.0. The van der Waals surface area contributed by atoms with Crippen LogP contribution >= 0.6 is 15.9 Å². The van der Waals surface area contributed by atoms with Gasteiger partial charge in [0.05, 0.1) is 12.7 Å². The number of halogens is 1. The third-order valence-electron chi connectivity index (χ3n) is 4.61. The lowest BCUT2D eigenvalue weighted by Gasteiger charge is -2.28. The number of unbranched alkanes of at least 4 members (excludes halogenated alkanes) is 1. The molecule has 0 unspecified atom stereocenters. The number of ether oxygens (including phenoxy) is 1. The molecule has 2 nitrogen and oxygen atoms in total. The molecule has 0 heterocycles. The lowest BCUT2D eigenvalue weighted by atomic mass is 9.77. The lowest BCUT2D eigenvalue weighted by molar-refractivity contribution is 0.0866. The molecule has 21 heavy (non-hydrogen) atoms. The van der Waals surface area contributed by atoms with E-state index in [0.29, 0.717) is 5.75 Å². The highest BCUT2D eigenvalue weighted by molar-refractivity contribution is 9.10. The summed E-state index contributed by atoms with van der Waals surface area (Å²) in [4.78, 5) is 12.8. The van der Waals surface area contributed by atoms with E-state index in [1.54, 1.807) is 7.11 Å². The number of carbonyl (C=O) groups is 1. The van der Waals surface area contributed by atoms with Crippen molar-refractivity contribution in [1.82, 2.24) is 0 Å². The van der Waals surface area contributed by atoms with Crippen LogP contribution in [0.3, 0.4) is 0 Å². The first kappa shape index (κ1) is 16.5. The van der Waals surface area contributed by atoms with Crippen molar-refractivity contribution < 1.29 is 9.53 Å². The van der Waals surface area contributed by atoms with E-state index >= 15 is 0 Å². The molecule has 1 aromatic rings. The minimum absolute atomic E-state index is 0.172. The van der Waals surface area contributed by atoms with Gasteiger partial charge in [0.25, 0.3) is 0 Å². The average molecular weight is 353 g/mol. The van der Waals surface area contributed by atoms with Crippen molar-refractivity contribution in [3.05, 3.63) is 28.2 Å². The molecule has 1 aromatic carbocycles. The number of ketones is 1. The van der Waals surface area contributed by atoms with Crippen molar-refractivity contribution in [1.29, 1.82) is 0 Å². The van der Waals surface area contributed by atoms with Gasteiger partial charge in [0.1, 0.15) is 5.75 Å². The van der Waals surface area contributed by atoms with E-state index in [4.69, 9.17) is 4.74 Å². The summed E-state index contributed by atoms with van der Waals surface area (Å²) in [6.45, 7) is 2.24. The molecule has 2 rings (SSSR count). The fourth-order valence-corrected chi connectivity index (χ4v) is 3.66. The van der Waals surface area contributed by atoms with Crippen LogP contribution in [0.2, 0.25) is 0 Å². The summed E-state index contributed by atoms with van der Waals surface area (Å²) in [7, 11) is 1.63. The van der Waals surface area contributed by atoms with Crippen molar-refractivity contribution in [2.24, 2.45) is 11.8 Å². The minimum Gasteiger partial charge on any atom is -0.496 e. The van der Waals surface area contributed by atoms with E-state index < -0.39 is 0 Å². The number of carbonyl (C=O) groups excluding carboxylic acids is 1. The molecule has 3 heteroatoms. The third-order valence-corrected chi connectivity index (χ3v) is 5.10. The summed E-state index contributed by atoms with van der Waals surface area (Å²) in [6.07, 6.45) is 8.39. The van der Waals surface area contributed by atoms with Crippen molar-refractivity contribution in [3.63, 3.8) is 0 Å². The van der Waals surface area contributed by atoms with Crippen molar-refractivity contribution in [3.8, 4) is 5.75 Å². The molecule has 1 saturated carbocycles. The van der Waals surface area contributed by atoms with Gasteiger partial charge < -0.3 is 4.74 Å². The predicted octanol–water partition coefficient (Wildman–Crippen LogP) is 5.64. The van der Waals surface area contributed by atoms with Crippen LogP contribution < -0.4 is 4.74 Å². The maximum Gasteiger partial charge on any atom is 0.169 e. The molecule has 0 aromatic heterocycles. The van der Waals surface area contributed by atoms with Gasteiger partial charge in [-0.2, -0.15) is 0 Å².